The lowest BCUT2D eigenvalue weighted by Crippen LogP contribution is -2.21. The van der Waals surface area contributed by atoms with Crippen LogP contribution in [-0.4, -0.2) is 57.4 Å². The van der Waals surface area contributed by atoms with Gasteiger partial charge in [-0.25, -0.2) is 19.2 Å². The third kappa shape index (κ3) is 15.7. The highest BCUT2D eigenvalue weighted by Gasteiger charge is 2.16. The molecule has 0 spiro atoms. The molecule has 0 unspecified atom stereocenters. The molecule has 0 atom stereocenters. The number of carboxylic acid groups (broad SMARTS) is 4. The molecule has 14 nitrogen and oxygen atoms in total. The average Bonchev–Trinajstić information content (AvgIpc) is 3.48. The summed E-state index contributed by atoms with van der Waals surface area (Å²) in [7, 11) is 0. The maximum Gasteiger partial charge on any atom is 0.346 e. The third-order valence-corrected chi connectivity index (χ3v) is 14.1. The number of aliphatic carboxylic acids is 4. The number of nitrogens with zero attached hydrogens (tertiary/aromatic N) is 6. The maximum absolute atomic E-state index is 11.6. The van der Waals surface area contributed by atoms with Gasteiger partial charge < -0.3 is 30.2 Å². The van der Waals surface area contributed by atoms with Crippen LogP contribution in [-0.2, 0) is 19.2 Å². The van der Waals surface area contributed by atoms with Crippen molar-refractivity contribution in [3.8, 4) is 24.3 Å². The fraction of sp³-hybridized carbons (Fsp3) is 0.0541. The topological polar surface area (TPSA) is 251 Å². The lowest BCUT2D eigenvalue weighted by molar-refractivity contribution is -0.133. The van der Waals surface area contributed by atoms with Crippen LogP contribution in [0.4, 0.5) is 22.7 Å². The maximum atomic E-state index is 11.6. The second kappa shape index (κ2) is 29.1. The number of benzene rings is 8. The average molecular weight is 1160 g/mol. The van der Waals surface area contributed by atoms with Crippen molar-refractivity contribution < 1.29 is 39.6 Å². The number of carbonyl (C=O) groups is 4. The van der Waals surface area contributed by atoms with E-state index in [1.807, 2.05) is 109 Å². The van der Waals surface area contributed by atoms with Crippen molar-refractivity contribution in [2.45, 2.75) is 13.8 Å². The Morgan fingerprint density at radius 3 is 0.739 bits per heavy atom. The van der Waals surface area contributed by atoms with Gasteiger partial charge in [-0.2, -0.15) is 21.0 Å². The minimum absolute atomic E-state index is 0.418. The van der Waals surface area contributed by atoms with Crippen LogP contribution in [0, 0.1) is 45.3 Å². The van der Waals surface area contributed by atoms with E-state index in [4.69, 9.17) is 0 Å². The smallest absolute Gasteiger partial charge is 0.346 e. The normalized spacial score (nSPS) is 11.5. The van der Waals surface area contributed by atoms with Crippen molar-refractivity contribution in [2.75, 3.05) is 22.9 Å². The van der Waals surface area contributed by atoms with Gasteiger partial charge in [0.2, 0.25) is 0 Å². The van der Waals surface area contributed by atoms with E-state index in [1.165, 1.54) is 24.3 Å². The van der Waals surface area contributed by atoms with Crippen molar-refractivity contribution in [1.82, 2.24) is 0 Å². The van der Waals surface area contributed by atoms with Crippen molar-refractivity contribution in [3.05, 3.63) is 283 Å². The largest absolute Gasteiger partial charge is 0.477 e. The number of anilines is 4. The number of hydrogen-bond donors (Lipinski definition) is 4. The standard InChI is InChI=1S/C74H54N6O8/c1-3-79(4-2)65-31-15-49(16-32-65)5-6-50-17-33-66(34-18-50)80(67-35-19-55(20-36-67)43-69(57-23-7-51(8-24-57)39-61(45-75)71(81)82)58-25-9-52(10-26-58)40-62(46-76)72(83)84)68-37-21-56(22-38-68)44-70(59-27-11-53(12-28-59)41-63(47-77)73(85)86)60-29-13-54(14-30-60)42-64(48-78)74(87)88/h5-44H,3-4H2,1-2H3,(H,81,82)(H,83,84)(H,85,86)(H,87,88)/b6-5+,61-39+,62-40+,63-41+,64-42+. The van der Waals surface area contributed by atoms with Crippen molar-refractivity contribution >= 4 is 106 Å². The Morgan fingerprint density at radius 2 is 0.523 bits per heavy atom. The summed E-state index contributed by atoms with van der Waals surface area (Å²) >= 11 is 0. The summed E-state index contributed by atoms with van der Waals surface area (Å²) < 4.78 is 0. The van der Waals surface area contributed by atoms with Crippen molar-refractivity contribution in [3.63, 3.8) is 0 Å². The highest BCUT2D eigenvalue weighted by Crippen LogP contribution is 2.37. The van der Waals surface area contributed by atoms with E-state index < -0.39 is 46.2 Å². The van der Waals surface area contributed by atoms with E-state index in [9.17, 15) is 60.7 Å². The zero-order valence-corrected chi connectivity index (χ0v) is 47.6. The van der Waals surface area contributed by atoms with Crippen molar-refractivity contribution in [1.29, 1.82) is 21.0 Å². The first-order valence-corrected chi connectivity index (χ1v) is 27.5. The lowest BCUT2D eigenvalue weighted by atomic mass is 9.93. The highest BCUT2D eigenvalue weighted by molar-refractivity contribution is 6.00. The summed E-state index contributed by atoms with van der Waals surface area (Å²) in [4.78, 5) is 50.9. The zero-order valence-electron chi connectivity index (χ0n) is 47.6. The number of rotatable bonds is 22. The Hall–Kier alpha value is -12.6. The molecule has 0 saturated carbocycles. The van der Waals surface area contributed by atoms with Gasteiger partial charge in [0.15, 0.2) is 0 Å². The van der Waals surface area contributed by atoms with Crippen LogP contribution in [0.5, 0.6) is 0 Å². The minimum Gasteiger partial charge on any atom is -0.477 e. The quantitative estimate of drug-likeness (QED) is 0.0280. The summed E-state index contributed by atoms with van der Waals surface area (Å²) in [5.74, 6) is -5.38. The van der Waals surface area contributed by atoms with Gasteiger partial charge in [-0.1, -0.05) is 158 Å². The molecule has 0 saturated heterocycles. The monoisotopic (exact) mass is 1150 g/mol. The van der Waals surface area contributed by atoms with Gasteiger partial charge in [-0.05, 0) is 177 Å². The Balaban J connectivity index is 1.20. The van der Waals surface area contributed by atoms with E-state index in [0.29, 0.717) is 22.3 Å². The second-order valence-corrected chi connectivity index (χ2v) is 19.7. The molecule has 88 heavy (non-hydrogen) atoms. The number of nitriles is 4. The molecule has 8 rings (SSSR count). The molecule has 8 aromatic carbocycles. The van der Waals surface area contributed by atoms with Crippen molar-refractivity contribution in [2.24, 2.45) is 0 Å². The fourth-order valence-corrected chi connectivity index (χ4v) is 9.47. The Bertz CT molecular complexity index is 3910. The molecule has 0 bridgehead atoms. The fourth-order valence-electron chi connectivity index (χ4n) is 9.47. The van der Waals surface area contributed by atoms with E-state index in [2.05, 4.69) is 84.3 Å². The van der Waals surface area contributed by atoms with Crippen LogP contribution in [0.1, 0.15) is 80.6 Å². The summed E-state index contributed by atoms with van der Waals surface area (Å²) in [6.45, 7) is 6.10. The molecule has 4 N–H and O–H groups in total. The van der Waals surface area contributed by atoms with E-state index in [1.54, 1.807) is 72.8 Å². The summed E-state index contributed by atoms with van der Waals surface area (Å²) in [5, 5.41) is 75.5. The predicted octanol–water partition coefficient (Wildman–Crippen LogP) is 15.3. The molecular formula is C74H54N6O8. The Morgan fingerprint density at radius 1 is 0.318 bits per heavy atom. The molecule has 0 fully saturated rings. The zero-order chi connectivity index (χ0) is 62.7. The molecule has 0 aromatic heterocycles. The first-order chi connectivity index (χ1) is 42.6. The number of hydrogen-bond acceptors (Lipinski definition) is 10. The summed E-state index contributed by atoms with van der Waals surface area (Å²) in [5.41, 5.74) is 12.2. The molecule has 0 aliphatic rings. The molecule has 0 amide bonds. The molecule has 0 heterocycles. The first kappa shape index (κ1) is 61.5. The second-order valence-electron chi connectivity index (χ2n) is 19.7. The van der Waals surface area contributed by atoms with Crippen LogP contribution in [0.3, 0.4) is 0 Å². The summed E-state index contributed by atoms with van der Waals surface area (Å²) in [6.07, 6.45) is 13.3. The van der Waals surface area contributed by atoms with Gasteiger partial charge in [0.25, 0.3) is 0 Å². The van der Waals surface area contributed by atoms with E-state index >= 15 is 0 Å². The van der Waals surface area contributed by atoms with Crippen LogP contribution in [0.25, 0.3) is 59.8 Å². The predicted molar refractivity (Wildman–Crippen MR) is 345 cm³/mol. The van der Waals surface area contributed by atoms with Gasteiger partial charge in [-0.3, -0.25) is 0 Å². The Kier molecular flexibility index (Phi) is 20.3. The SMILES string of the molecule is CCN(CC)c1ccc(/C=C/c2ccc(N(c3ccc(C=C(c4ccc(/C=C(\C#N)C(=O)O)cc4)c4ccc(/C=C(\C#N)C(=O)O)cc4)cc3)c3ccc(C=C(c4ccc(/C=C(\C#N)C(=O)O)cc4)c4ccc(/C=C(\C#N)C(=O)O)cc4)cc3)cc2)cc1. The highest BCUT2D eigenvalue weighted by atomic mass is 16.4. The molecule has 8 aromatic rings. The molecule has 14 heteroatoms. The molecular weight excluding hydrogens is 1100 g/mol. The first-order valence-electron chi connectivity index (χ1n) is 27.5. The van der Waals surface area contributed by atoms with Gasteiger partial charge >= 0.3 is 23.9 Å². The Labute approximate surface area is 508 Å². The number of carboxylic acids is 4. The lowest BCUT2D eigenvalue weighted by Gasteiger charge is -2.26. The molecule has 0 aliphatic heterocycles. The van der Waals surface area contributed by atoms with Crippen LogP contribution >= 0.6 is 0 Å². The molecule has 428 valence electrons. The van der Waals surface area contributed by atoms with Gasteiger partial charge in [0.1, 0.15) is 46.6 Å². The van der Waals surface area contributed by atoms with Crippen LogP contribution in [0.2, 0.25) is 0 Å². The van der Waals surface area contributed by atoms with Crippen LogP contribution < -0.4 is 9.80 Å². The molecule has 0 aliphatic carbocycles. The molecule has 0 radical (unpaired) electrons. The van der Waals surface area contributed by atoms with Crippen LogP contribution in [0.15, 0.2) is 216 Å². The van der Waals surface area contributed by atoms with Gasteiger partial charge in [0, 0.05) is 35.8 Å². The van der Waals surface area contributed by atoms with Gasteiger partial charge in [0.05, 0.1) is 0 Å². The minimum atomic E-state index is -1.34. The summed E-state index contributed by atoms with van der Waals surface area (Å²) in [6, 6.07) is 67.6. The van der Waals surface area contributed by atoms with E-state index in [-0.39, 0.29) is 0 Å². The third-order valence-electron chi connectivity index (χ3n) is 14.1. The van der Waals surface area contributed by atoms with Gasteiger partial charge in [-0.15, -0.1) is 0 Å². The van der Waals surface area contributed by atoms with E-state index in [0.717, 1.165) is 91.5 Å².